The summed E-state index contributed by atoms with van der Waals surface area (Å²) < 4.78 is 10.1. The number of carbonyl (C=O) groups excluding carboxylic acids is 5. The van der Waals surface area contributed by atoms with Crippen LogP contribution in [-0.2, 0) is 23.9 Å². The van der Waals surface area contributed by atoms with Gasteiger partial charge in [0.2, 0.25) is 5.91 Å². The average Bonchev–Trinajstić information content (AvgIpc) is 3.21. The normalized spacial score (nSPS) is 14.9. The number of nitrogens with one attached hydrogen (secondary N) is 2. The summed E-state index contributed by atoms with van der Waals surface area (Å²) in [4.78, 5) is 60.9. The average molecular weight is 482 g/mol. The van der Waals surface area contributed by atoms with Gasteiger partial charge in [0, 0.05) is 17.7 Å². The predicted octanol–water partition coefficient (Wildman–Crippen LogP) is 2.24. The van der Waals surface area contributed by atoms with Crippen molar-refractivity contribution in [3.05, 3.63) is 65.2 Å². The van der Waals surface area contributed by atoms with Gasteiger partial charge in [-0.05, 0) is 49.7 Å². The van der Waals surface area contributed by atoms with Crippen LogP contribution in [0.4, 0.5) is 5.69 Å². The lowest BCUT2D eigenvalue weighted by molar-refractivity contribution is -0.151. The third-order valence-electron chi connectivity index (χ3n) is 5.16. The van der Waals surface area contributed by atoms with E-state index in [1.807, 2.05) is 19.9 Å². The maximum atomic E-state index is 12.4. The number of aryl methyl sites for hydroxylation is 1. The van der Waals surface area contributed by atoms with Crippen molar-refractivity contribution in [2.24, 2.45) is 5.92 Å². The van der Waals surface area contributed by atoms with Gasteiger partial charge in [0.25, 0.3) is 11.8 Å². The molecule has 0 unspecified atom stereocenters. The van der Waals surface area contributed by atoms with Crippen molar-refractivity contribution in [3.63, 3.8) is 0 Å². The highest BCUT2D eigenvalue weighted by Gasteiger charge is 2.36. The van der Waals surface area contributed by atoms with Crippen LogP contribution in [0.25, 0.3) is 0 Å². The largest absolute Gasteiger partial charge is 0.462 e. The van der Waals surface area contributed by atoms with Gasteiger partial charge in [0.05, 0.1) is 24.6 Å². The smallest absolute Gasteiger partial charge is 0.338 e. The molecule has 1 heterocycles. The molecule has 3 rings (SSSR count). The van der Waals surface area contributed by atoms with Crippen LogP contribution in [0.1, 0.15) is 46.0 Å². The van der Waals surface area contributed by atoms with Crippen molar-refractivity contribution in [3.8, 4) is 0 Å². The number of anilines is 1. The highest BCUT2D eigenvalue weighted by molar-refractivity contribution is 5.97. The number of carbonyl (C=O) groups is 5. The van der Waals surface area contributed by atoms with Crippen LogP contribution >= 0.6 is 0 Å². The Morgan fingerprint density at radius 2 is 1.77 bits per heavy atom. The van der Waals surface area contributed by atoms with Gasteiger partial charge < -0.3 is 14.8 Å². The molecule has 0 saturated carbocycles. The van der Waals surface area contributed by atoms with Crippen molar-refractivity contribution in [2.45, 2.75) is 26.7 Å². The number of rotatable bonds is 9. The quantitative estimate of drug-likeness (QED) is 0.525. The number of ether oxygens (including phenoxy) is 2. The van der Waals surface area contributed by atoms with Gasteiger partial charge in [-0.15, -0.1) is 0 Å². The maximum absolute atomic E-state index is 12.4. The Bertz CT molecular complexity index is 1110. The van der Waals surface area contributed by atoms with Crippen molar-refractivity contribution in [1.29, 1.82) is 0 Å². The summed E-state index contributed by atoms with van der Waals surface area (Å²) >= 11 is 0. The first kappa shape index (κ1) is 25.4. The minimum atomic E-state index is -0.804. The molecule has 35 heavy (non-hydrogen) atoms. The molecule has 1 fully saturated rings. The summed E-state index contributed by atoms with van der Waals surface area (Å²) in [5.41, 5.74) is 4.57. The molecule has 2 N–H and O–H groups in total. The first-order valence-corrected chi connectivity index (χ1v) is 11.2. The van der Waals surface area contributed by atoms with Gasteiger partial charge >= 0.3 is 11.9 Å². The van der Waals surface area contributed by atoms with Gasteiger partial charge in [-0.3, -0.25) is 29.6 Å². The molecular formula is C25H27N3O7. The topological polar surface area (TPSA) is 131 Å². The Balaban J connectivity index is 1.44. The minimum Gasteiger partial charge on any atom is -0.462 e. The second-order valence-corrected chi connectivity index (χ2v) is 8.08. The molecule has 0 radical (unpaired) electrons. The first-order valence-electron chi connectivity index (χ1n) is 11.2. The summed E-state index contributed by atoms with van der Waals surface area (Å²) in [6.07, 6.45) is 0.581. The Morgan fingerprint density at radius 1 is 1.03 bits per heavy atom. The molecule has 10 nitrogen and oxygen atoms in total. The van der Waals surface area contributed by atoms with Crippen LogP contribution in [0, 0.1) is 12.8 Å². The number of amides is 3. The van der Waals surface area contributed by atoms with E-state index in [1.54, 1.807) is 18.2 Å². The Labute approximate surface area is 202 Å². The van der Waals surface area contributed by atoms with Gasteiger partial charge in [0.15, 0.2) is 6.61 Å². The molecule has 184 valence electrons. The van der Waals surface area contributed by atoms with E-state index in [0.29, 0.717) is 29.8 Å². The molecule has 1 saturated heterocycles. The van der Waals surface area contributed by atoms with E-state index in [1.165, 1.54) is 24.3 Å². The van der Waals surface area contributed by atoms with Gasteiger partial charge in [-0.25, -0.2) is 4.79 Å². The summed E-state index contributed by atoms with van der Waals surface area (Å²) in [5, 5.41) is 3.65. The predicted molar refractivity (Wildman–Crippen MR) is 125 cm³/mol. The van der Waals surface area contributed by atoms with E-state index in [2.05, 4.69) is 10.7 Å². The SMILES string of the molecule is CCCOC(=O)c1ccc(NC(=O)COC(=O)[C@H]2CC(=O)N(NC(=O)c3cccc(C)c3)C2)cc1. The molecule has 10 heteroatoms. The van der Waals surface area contributed by atoms with Crippen molar-refractivity contribution >= 4 is 35.3 Å². The number of hydrazine groups is 1. The zero-order valence-electron chi connectivity index (χ0n) is 19.5. The van der Waals surface area contributed by atoms with Crippen LogP contribution in [0.5, 0.6) is 0 Å². The van der Waals surface area contributed by atoms with Crippen LogP contribution in [0.3, 0.4) is 0 Å². The molecular weight excluding hydrogens is 454 g/mol. The monoisotopic (exact) mass is 481 g/mol. The van der Waals surface area contributed by atoms with E-state index in [-0.39, 0.29) is 13.0 Å². The van der Waals surface area contributed by atoms with Gasteiger partial charge in [-0.1, -0.05) is 24.6 Å². The number of esters is 2. The van der Waals surface area contributed by atoms with Gasteiger partial charge in [-0.2, -0.15) is 0 Å². The second-order valence-electron chi connectivity index (χ2n) is 8.08. The van der Waals surface area contributed by atoms with Crippen molar-refractivity contribution in [1.82, 2.24) is 10.4 Å². The molecule has 0 aliphatic carbocycles. The molecule has 0 aromatic heterocycles. The zero-order valence-corrected chi connectivity index (χ0v) is 19.5. The molecule has 1 aliphatic rings. The van der Waals surface area contributed by atoms with E-state index in [0.717, 1.165) is 10.6 Å². The summed E-state index contributed by atoms with van der Waals surface area (Å²) in [6.45, 7) is 3.47. The molecule has 1 atom stereocenters. The third-order valence-corrected chi connectivity index (χ3v) is 5.16. The Morgan fingerprint density at radius 3 is 2.46 bits per heavy atom. The molecule has 0 bridgehead atoms. The lowest BCUT2D eigenvalue weighted by Crippen LogP contribution is -2.43. The van der Waals surface area contributed by atoms with E-state index < -0.39 is 42.2 Å². The highest BCUT2D eigenvalue weighted by atomic mass is 16.5. The van der Waals surface area contributed by atoms with E-state index >= 15 is 0 Å². The lowest BCUT2D eigenvalue weighted by Gasteiger charge is -2.17. The number of hydrogen-bond acceptors (Lipinski definition) is 7. The van der Waals surface area contributed by atoms with E-state index in [4.69, 9.17) is 9.47 Å². The number of hydrogen-bond donors (Lipinski definition) is 2. The van der Waals surface area contributed by atoms with Crippen molar-refractivity contribution < 1.29 is 33.4 Å². The highest BCUT2D eigenvalue weighted by Crippen LogP contribution is 2.18. The Kier molecular flexibility index (Phi) is 8.55. The maximum Gasteiger partial charge on any atom is 0.338 e. The van der Waals surface area contributed by atoms with Crippen LogP contribution in [0.15, 0.2) is 48.5 Å². The summed E-state index contributed by atoms with van der Waals surface area (Å²) in [7, 11) is 0. The molecule has 2 aromatic rings. The standard InChI is InChI=1S/C25H27N3O7/c1-3-11-34-24(32)17-7-9-20(10-8-17)26-21(29)15-35-25(33)19-13-22(30)28(14-19)27-23(31)18-6-4-5-16(2)12-18/h4-10,12,19H,3,11,13-15H2,1-2H3,(H,26,29)(H,27,31)/t19-/m0/s1. The number of benzene rings is 2. The second kappa shape index (κ2) is 11.8. The number of nitrogens with zero attached hydrogens (tertiary/aromatic N) is 1. The summed E-state index contributed by atoms with van der Waals surface area (Å²) in [6, 6.07) is 13.0. The zero-order chi connectivity index (χ0) is 25.4. The minimum absolute atomic E-state index is 0.0492. The fourth-order valence-corrected chi connectivity index (χ4v) is 3.37. The molecule has 2 aromatic carbocycles. The molecule has 1 aliphatic heterocycles. The van der Waals surface area contributed by atoms with Crippen LogP contribution in [-0.4, -0.2) is 54.4 Å². The summed E-state index contributed by atoms with van der Waals surface area (Å²) in [5.74, 6) is -3.42. The third kappa shape index (κ3) is 7.13. The van der Waals surface area contributed by atoms with Crippen LogP contribution < -0.4 is 10.7 Å². The van der Waals surface area contributed by atoms with Crippen LogP contribution in [0.2, 0.25) is 0 Å². The first-order chi connectivity index (χ1) is 16.8. The lowest BCUT2D eigenvalue weighted by atomic mass is 10.1. The fourth-order valence-electron chi connectivity index (χ4n) is 3.37. The van der Waals surface area contributed by atoms with E-state index in [9.17, 15) is 24.0 Å². The van der Waals surface area contributed by atoms with Gasteiger partial charge in [0.1, 0.15) is 0 Å². The van der Waals surface area contributed by atoms with Crippen molar-refractivity contribution in [2.75, 3.05) is 25.1 Å². The molecule has 0 spiro atoms. The Hall–Kier alpha value is -4.21. The molecule has 3 amide bonds. The fraction of sp³-hybridized carbons (Fsp3) is 0.320.